The molecule has 0 aliphatic carbocycles. The molecule has 1 heterocycles. The van der Waals surface area contributed by atoms with E-state index >= 15 is 0 Å². The van der Waals surface area contributed by atoms with Crippen molar-refractivity contribution in [3.63, 3.8) is 0 Å². The molecule has 6 aromatic carbocycles. The predicted molar refractivity (Wildman–Crippen MR) is 165 cm³/mol. The first-order valence-corrected chi connectivity index (χ1v) is 13.4. The van der Waals surface area contributed by atoms with Gasteiger partial charge in [0.2, 0.25) is 0 Å². The predicted octanol–water partition coefficient (Wildman–Crippen LogP) is 10.00. The second-order valence-corrected chi connectivity index (χ2v) is 9.97. The lowest BCUT2D eigenvalue weighted by atomic mass is 9.87. The van der Waals surface area contributed by atoms with Gasteiger partial charge >= 0.3 is 0 Å². The first kappa shape index (κ1) is 24.2. The summed E-state index contributed by atoms with van der Waals surface area (Å²) in [4.78, 5) is 0. The first-order valence-electron chi connectivity index (χ1n) is 13.4. The second-order valence-electron chi connectivity index (χ2n) is 9.97. The van der Waals surface area contributed by atoms with Crippen LogP contribution in [0.5, 0.6) is 0 Å². The van der Waals surface area contributed by atoms with Crippen molar-refractivity contribution in [3.8, 4) is 56.6 Å². The van der Waals surface area contributed by atoms with Crippen LogP contribution in [-0.2, 0) is 0 Å². The van der Waals surface area contributed by atoms with Crippen molar-refractivity contribution in [1.82, 2.24) is 0 Å². The van der Waals surface area contributed by atoms with Gasteiger partial charge in [0.1, 0.15) is 17.2 Å². The Balaban J connectivity index is 1.50. The zero-order valence-electron chi connectivity index (χ0n) is 22.0. The van der Waals surface area contributed by atoms with Crippen molar-refractivity contribution in [2.75, 3.05) is 0 Å². The summed E-state index contributed by atoms with van der Waals surface area (Å²) in [5.41, 5.74) is 10.8. The quantitative estimate of drug-likeness (QED) is 0.231. The molecule has 0 fully saturated rings. The number of hydrogen-bond acceptors (Lipinski definition) is 3. The molecule has 0 N–H and O–H groups in total. The van der Waals surface area contributed by atoms with Crippen molar-refractivity contribution in [1.29, 1.82) is 10.5 Å². The monoisotopic (exact) mass is 522 g/mol. The van der Waals surface area contributed by atoms with E-state index in [0.29, 0.717) is 11.1 Å². The number of hydrogen-bond donors (Lipinski definition) is 0. The van der Waals surface area contributed by atoms with Crippen molar-refractivity contribution in [3.05, 3.63) is 145 Å². The van der Waals surface area contributed by atoms with E-state index in [1.807, 2.05) is 103 Å². The maximum Gasteiger partial charge on any atom is 0.136 e. The normalized spacial score (nSPS) is 10.9. The molecule has 0 bridgehead atoms. The van der Waals surface area contributed by atoms with E-state index in [4.69, 9.17) is 4.42 Å². The molecule has 0 saturated carbocycles. The number of nitriles is 2. The number of fused-ring (bicyclic) bond motifs is 3. The average molecular weight is 523 g/mol. The van der Waals surface area contributed by atoms with Crippen molar-refractivity contribution in [2.24, 2.45) is 0 Å². The Morgan fingerprint density at radius 1 is 0.439 bits per heavy atom. The van der Waals surface area contributed by atoms with E-state index in [1.54, 1.807) is 0 Å². The smallest absolute Gasteiger partial charge is 0.136 e. The van der Waals surface area contributed by atoms with Crippen molar-refractivity contribution >= 4 is 21.9 Å². The van der Waals surface area contributed by atoms with Gasteiger partial charge in [0.25, 0.3) is 0 Å². The summed E-state index contributed by atoms with van der Waals surface area (Å²) in [6.45, 7) is 0. The first-order chi connectivity index (χ1) is 20.2. The van der Waals surface area contributed by atoms with Gasteiger partial charge < -0.3 is 4.42 Å². The Bertz CT molecular complexity index is 2080. The van der Waals surface area contributed by atoms with Crippen molar-refractivity contribution in [2.45, 2.75) is 0 Å². The van der Waals surface area contributed by atoms with Crippen LogP contribution in [0.4, 0.5) is 0 Å². The highest BCUT2D eigenvalue weighted by Crippen LogP contribution is 2.42. The summed E-state index contributed by atoms with van der Waals surface area (Å²) < 4.78 is 6.32. The number of nitrogens with zero attached hydrogens (tertiary/aromatic N) is 2. The van der Waals surface area contributed by atoms with E-state index in [0.717, 1.165) is 66.4 Å². The standard InChI is InChI=1S/C38H22N2O/c39-23-25-14-16-26(17-15-25)29-18-19-36-34(20-29)38-31(12-7-13-37(38)41-36)30-21-32(27-8-3-1-4-9-27)35(24-40)33(22-30)28-10-5-2-6-11-28/h1-22H. The van der Waals surface area contributed by atoms with Gasteiger partial charge in [-0.3, -0.25) is 0 Å². The molecule has 3 heteroatoms. The van der Waals surface area contributed by atoms with Crippen LogP contribution in [0.25, 0.3) is 66.4 Å². The van der Waals surface area contributed by atoms with Crippen LogP contribution in [0, 0.1) is 22.7 Å². The molecule has 0 amide bonds. The van der Waals surface area contributed by atoms with Gasteiger partial charge in [0, 0.05) is 21.9 Å². The summed E-state index contributed by atoms with van der Waals surface area (Å²) in [6.07, 6.45) is 0. The Morgan fingerprint density at radius 3 is 1.68 bits per heavy atom. The Hall–Kier alpha value is -5.90. The molecule has 0 atom stereocenters. The Labute approximate surface area is 237 Å². The molecule has 0 saturated heterocycles. The van der Waals surface area contributed by atoms with Gasteiger partial charge in [-0.1, -0.05) is 91.0 Å². The fourth-order valence-corrected chi connectivity index (χ4v) is 5.59. The summed E-state index contributed by atoms with van der Waals surface area (Å²) in [5, 5.41) is 21.6. The van der Waals surface area contributed by atoms with Gasteiger partial charge in [-0.25, -0.2) is 0 Å². The molecule has 0 unspecified atom stereocenters. The van der Waals surface area contributed by atoms with E-state index in [1.165, 1.54) is 0 Å². The minimum Gasteiger partial charge on any atom is -0.456 e. The summed E-state index contributed by atoms with van der Waals surface area (Å²) >= 11 is 0. The number of benzene rings is 6. The molecule has 41 heavy (non-hydrogen) atoms. The van der Waals surface area contributed by atoms with Gasteiger partial charge in [-0.05, 0) is 75.8 Å². The van der Waals surface area contributed by atoms with Crippen LogP contribution in [0.15, 0.2) is 138 Å². The van der Waals surface area contributed by atoms with E-state index in [9.17, 15) is 10.5 Å². The largest absolute Gasteiger partial charge is 0.456 e. The molecule has 1 aromatic heterocycles. The summed E-state index contributed by atoms with van der Waals surface area (Å²) in [6, 6.07) is 49.1. The molecule has 0 spiro atoms. The number of rotatable bonds is 4. The average Bonchev–Trinajstić information content (AvgIpc) is 3.43. The van der Waals surface area contributed by atoms with E-state index in [-0.39, 0.29) is 0 Å². The lowest BCUT2D eigenvalue weighted by Crippen LogP contribution is -1.93. The highest BCUT2D eigenvalue weighted by atomic mass is 16.3. The van der Waals surface area contributed by atoms with Gasteiger partial charge in [-0.15, -0.1) is 0 Å². The summed E-state index contributed by atoms with van der Waals surface area (Å²) in [5.74, 6) is 0. The Kier molecular flexibility index (Phi) is 5.90. The molecule has 7 rings (SSSR count). The topological polar surface area (TPSA) is 60.7 Å². The molecule has 3 nitrogen and oxygen atoms in total. The van der Waals surface area contributed by atoms with E-state index < -0.39 is 0 Å². The molecular weight excluding hydrogens is 500 g/mol. The third-order valence-corrected chi connectivity index (χ3v) is 7.57. The van der Waals surface area contributed by atoms with Gasteiger partial charge in [-0.2, -0.15) is 10.5 Å². The van der Waals surface area contributed by atoms with Crippen LogP contribution in [0.2, 0.25) is 0 Å². The maximum absolute atomic E-state index is 10.4. The summed E-state index contributed by atoms with van der Waals surface area (Å²) in [7, 11) is 0. The lowest BCUT2D eigenvalue weighted by molar-refractivity contribution is 0.669. The van der Waals surface area contributed by atoms with Crippen LogP contribution in [-0.4, -0.2) is 0 Å². The highest BCUT2D eigenvalue weighted by molar-refractivity contribution is 6.13. The number of furan rings is 1. The molecule has 0 radical (unpaired) electrons. The van der Waals surface area contributed by atoms with Gasteiger partial charge in [0.15, 0.2) is 0 Å². The SMILES string of the molecule is N#Cc1ccc(-c2ccc3oc4cccc(-c5cc(-c6ccccc6)c(C#N)c(-c6ccccc6)c5)c4c3c2)cc1. The van der Waals surface area contributed by atoms with Gasteiger partial charge in [0.05, 0.1) is 17.2 Å². The zero-order valence-corrected chi connectivity index (χ0v) is 22.0. The third-order valence-electron chi connectivity index (χ3n) is 7.57. The van der Waals surface area contributed by atoms with Crippen LogP contribution >= 0.6 is 0 Å². The van der Waals surface area contributed by atoms with E-state index in [2.05, 4.69) is 42.5 Å². The van der Waals surface area contributed by atoms with Crippen molar-refractivity contribution < 1.29 is 4.42 Å². The molecule has 7 aromatic rings. The minimum atomic E-state index is 0.634. The lowest BCUT2D eigenvalue weighted by Gasteiger charge is -2.15. The third kappa shape index (κ3) is 4.23. The van der Waals surface area contributed by atoms with Crippen LogP contribution in [0.1, 0.15) is 11.1 Å². The van der Waals surface area contributed by atoms with Crippen LogP contribution in [0.3, 0.4) is 0 Å². The minimum absolute atomic E-state index is 0.634. The highest BCUT2D eigenvalue weighted by Gasteiger charge is 2.18. The molecule has 0 aliphatic rings. The Morgan fingerprint density at radius 2 is 1.07 bits per heavy atom. The zero-order chi connectivity index (χ0) is 27.8. The maximum atomic E-state index is 10.4. The fourth-order valence-electron chi connectivity index (χ4n) is 5.59. The molecule has 0 aliphatic heterocycles. The van der Waals surface area contributed by atoms with Crippen LogP contribution < -0.4 is 0 Å². The molecule has 190 valence electrons. The molecular formula is C38H22N2O. The second kappa shape index (κ2) is 10.0. The fraction of sp³-hybridized carbons (Fsp3) is 0.